The Labute approximate surface area is 46.9 Å². The van der Waals surface area contributed by atoms with Gasteiger partial charge in [0, 0.05) is 22.4 Å². The van der Waals surface area contributed by atoms with Gasteiger partial charge in [-0.15, -0.1) is 0 Å². The number of rotatable bonds is 0. The minimum atomic E-state index is 0. The van der Waals surface area contributed by atoms with Crippen LogP contribution in [0.15, 0.2) is 0 Å². The van der Waals surface area contributed by atoms with Gasteiger partial charge < -0.3 is 0 Å². The summed E-state index contributed by atoms with van der Waals surface area (Å²) in [5.41, 5.74) is 0. The van der Waals surface area contributed by atoms with E-state index < -0.39 is 0 Å². The second kappa shape index (κ2) is 8.94. The summed E-state index contributed by atoms with van der Waals surface area (Å²) in [4.78, 5) is 0. The summed E-state index contributed by atoms with van der Waals surface area (Å²) in [6, 6.07) is 0. The third kappa shape index (κ3) is 11.4. The molecule has 0 saturated carbocycles. The number of hydrogen-bond donors (Lipinski definition) is 0. The topological polar surface area (TPSA) is 0 Å². The fourth-order valence-electron chi connectivity index (χ4n) is 0. The van der Waals surface area contributed by atoms with Gasteiger partial charge in [-0.25, -0.2) is 0 Å². The molecule has 0 N–H and O–H groups in total. The van der Waals surface area contributed by atoms with Crippen molar-refractivity contribution in [3.63, 3.8) is 0 Å². The van der Waals surface area contributed by atoms with Crippen LogP contribution >= 0.6 is 11.8 Å². The van der Waals surface area contributed by atoms with Gasteiger partial charge in [0.05, 0.1) is 0 Å². The molecule has 0 aromatic heterocycles. The minimum Gasteiger partial charge on any atom is -0.169 e. The molecule has 0 fully saturated rings. The summed E-state index contributed by atoms with van der Waals surface area (Å²) in [7, 11) is 0. The van der Waals surface area contributed by atoms with Crippen LogP contribution in [0.4, 0.5) is 0 Å². The van der Waals surface area contributed by atoms with Crippen LogP contribution in [-0.2, 0) is 22.4 Å². The van der Waals surface area contributed by atoms with Crippen molar-refractivity contribution >= 4 is 11.8 Å². The molecule has 1 radical (unpaired) electrons. The van der Waals surface area contributed by atoms with Crippen molar-refractivity contribution in [2.45, 2.75) is 0 Å². The van der Waals surface area contributed by atoms with Crippen LogP contribution in [0.1, 0.15) is 0 Å². The van der Waals surface area contributed by atoms with Crippen LogP contribution in [0.2, 0.25) is 0 Å². The smallest absolute Gasteiger partial charge is 0 e. The van der Waals surface area contributed by atoms with E-state index in [1.807, 2.05) is 12.5 Å². The van der Waals surface area contributed by atoms with E-state index >= 15 is 0 Å². The summed E-state index contributed by atoms with van der Waals surface area (Å²) < 4.78 is 0. The zero-order valence-electron chi connectivity index (χ0n) is 2.71. The van der Waals surface area contributed by atoms with Gasteiger partial charge in [-0.1, -0.05) is 0 Å². The number of thioether (sulfide) groups is 1. The SMILES string of the molecule is CSC.[Ag]. The van der Waals surface area contributed by atoms with Gasteiger partial charge >= 0.3 is 0 Å². The fourth-order valence-corrected chi connectivity index (χ4v) is 0. The van der Waals surface area contributed by atoms with E-state index in [4.69, 9.17) is 0 Å². The molecule has 31 valence electrons. The zero-order chi connectivity index (χ0) is 2.71. The quantitative estimate of drug-likeness (QED) is 0.488. The molecular weight excluding hydrogens is 164 g/mol. The van der Waals surface area contributed by atoms with Crippen molar-refractivity contribution in [1.82, 2.24) is 0 Å². The van der Waals surface area contributed by atoms with E-state index in [1.165, 1.54) is 0 Å². The fraction of sp³-hybridized carbons (Fsp3) is 1.00. The van der Waals surface area contributed by atoms with E-state index in [9.17, 15) is 0 Å². The van der Waals surface area contributed by atoms with Crippen LogP contribution in [0.25, 0.3) is 0 Å². The molecule has 0 aliphatic rings. The molecule has 0 unspecified atom stereocenters. The van der Waals surface area contributed by atoms with E-state index in [-0.39, 0.29) is 22.4 Å². The van der Waals surface area contributed by atoms with Gasteiger partial charge in [0.2, 0.25) is 0 Å². The molecule has 0 saturated heterocycles. The molecule has 0 rings (SSSR count). The largest absolute Gasteiger partial charge is 0.169 e. The Morgan fingerprint density at radius 2 is 1.25 bits per heavy atom. The molecule has 0 bridgehead atoms. The van der Waals surface area contributed by atoms with Crippen molar-refractivity contribution in [3.8, 4) is 0 Å². The van der Waals surface area contributed by atoms with E-state index in [0.717, 1.165) is 0 Å². The Balaban J connectivity index is 0. The predicted molar refractivity (Wildman–Crippen MR) is 19.4 cm³/mol. The van der Waals surface area contributed by atoms with E-state index in [2.05, 4.69) is 0 Å². The summed E-state index contributed by atoms with van der Waals surface area (Å²) in [6.45, 7) is 0. The first kappa shape index (κ1) is 8.92. The van der Waals surface area contributed by atoms with Crippen molar-refractivity contribution in [3.05, 3.63) is 0 Å². The Hall–Kier alpha value is 1.09. The monoisotopic (exact) mass is 169 g/mol. The van der Waals surface area contributed by atoms with Gasteiger partial charge in [0.1, 0.15) is 0 Å². The maximum atomic E-state index is 2.04. The summed E-state index contributed by atoms with van der Waals surface area (Å²) in [5, 5.41) is 0. The van der Waals surface area contributed by atoms with E-state index in [1.54, 1.807) is 11.8 Å². The molecule has 0 nitrogen and oxygen atoms in total. The minimum absolute atomic E-state index is 0. The number of hydrogen-bond acceptors (Lipinski definition) is 1. The Bertz CT molecular complexity index is 6.00. The Morgan fingerprint density at radius 3 is 1.25 bits per heavy atom. The van der Waals surface area contributed by atoms with Gasteiger partial charge in [-0.05, 0) is 12.5 Å². The van der Waals surface area contributed by atoms with Crippen LogP contribution < -0.4 is 0 Å². The molecule has 0 aliphatic heterocycles. The molecule has 0 heterocycles. The summed E-state index contributed by atoms with van der Waals surface area (Å²) in [5.74, 6) is 0. The third-order valence-electron chi connectivity index (χ3n) is 0. The second-order valence-corrected chi connectivity index (χ2v) is 1.22. The van der Waals surface area contributed by atoms with Gasteiger partial charge in [-0.3, -0.25) is 0 Å². The standard InChI is InChI=1S/C2H6S.Ag/c1-3-2;/h1-2H3;. The molecule has 0 amide bonds. The maximum absolute atomic E-state index is 2.04. The molecule has 0 spiro atoms. The average molecular weight is 170 g/mol. The van der Waals surface area contributed by atoms with Crippen molar-refractivity contribution in [2.24, 2.45) is 0 Å². The van der Waals surface area contributed by atoms with Gasteiger partial charge in [0.25, 0.3) is 0 Å². The van der Waals surface area contributed by atoms with Crippen molar-refractivity contribution in [2.75, 3.05) is 12.5 Å². The van der Waals surface area contributed by atoms with Gasteiger partial charge in [0.15, 0.2) is 0 Å². The molecule has 0 aromatic rings. The first-order valence-electron chi connectivity index (χ1n) is 0.816. The van der Waals surface area contributed by atoms with Crippen LogP contribution in [0.3, 0.4) is 0 Å². The van der Waals surface area contributed by atoms with Crippen LogP contribution in [0, 0.1) is 0 Å². The first-order valence-corrected chi connectivity index (χ1v) is 2.45. The summed E-state index contributed by atoms with van der Waals surface area (Å²) in [6.07, 6.45) is 4.08. The Kier molecular flexibility index (Phi) is 19.9. The van der Waals surface area contributed by atoms with E-state index in [0.29, 0.717) is 0 Å². The molecule has 0 aliphatic carbocycles. The molecule has 0 atom stereocenters. The van der Waals surface area contributed by atoms with Crippen molar-refractivity contribution < 1.29 is 22.4 Å². The average Bonchev–Trinajstić information content (AvgIpc) is 0.918. The third-order valence-corrected chi connectivity index (χ3v) is 0. The van der Waals surface area contributed by atoms with Crippen LogP contribution in [0.5, 0.6) is 0 Å². The van der Waals surface area contributed by atoms with Crippen LogP contribution in [-0.4, -0.2) is 12.5 Å². The Morgan fingerprint density at radius 1 is 1.25 bits per heavy atom. The second-order valence-electron chi connectivity index (χ2n) is 0.408. The van der Waals surface area contributed by atoms with Gasteiger partial charge in [-0.2, -0.15) is 11.8 Å². The molecule has 0 aromatic carbocycles. The molecular formula is C2H6AgS. The maximum Gasteiger partial charge on any atom is 0 e. The summed E-state index contributed by atoms with van der Waals surface area (Å²) >= 11 is 1.75. The molecule has 4 heavy (non-hydrogen) atoms. The predicted octanol–water partition coefficient (Wildman–Crippen LogP) is 0.977. The molecule has 2 heteroatoms. The normalized spacial score (nSPS) is 4.50. The van der Waals surface area contributed by atoms with Crippen molar-refractivity contribution in [1.29, 1.82) is 0 Å². The zero-order valence-corrected chi connectivity index (χ0v) is 5.01. The first-order chi connectivity index (χ1) is 1.41.